The molecule has 0 saturated heterocycles. The van der Waals surface area contributed by atoms with Gasteiger partial charge in [0.05, 0.1) is 11.3 Å². The standard InChI is InChI=1S/C20H17F2N3O4/c1-9-3-4-15(26)10(2)16(9)25-18(23)14(20(28)29)6-13(19(25)27)11-5-12(17(21)22)8-24-7-11/h3-8,17,26H,23H2,1-2H3,(H,28,29). The van der Waals surface area contributed by atoms with Gasteiger partial charge in [-0.25, -0.2) is 13.6 Å². The number of aromatic nitrogens is 2. The lowest BCUT2D eigenvalue weighted by Gasteiger charge is -2.19. The SMILES string of the molecule is Cc1ccc(O)c(C)c1-n1c(N)c(C(=O)O)cc(-c2cncc(C(F)F)c2)c1=O. The van der Waals surface area contributed by atoms with E-state index in [1.807, 2.05) is 0 Å². The molecule has 29 heavy (non-hydrogen) atoms. The number of halogens is 2. The van der Waals surface area contributed by atoms with Crippen LogP contribution in [0.15, 0.2) is 41.5 Å². The molecule has 4 N–H and O–H groups in total. The average molecular weight is 401 g/mol. The minimum atomic E-state index is -2.81. The van der Waals surface area contributed by atoms with Gasteiger partial charge in [-0.2, -0.15) is 0 Å². The highest BCUT2D eigenvalue weighted by molar-refractivity contribution is 5.94. The first-order valence-electron chi connectivity index (χ1n) is 8.45. The molecule has 150 valence electrons. The second-order valence-electron chi connectivity index (χ2n) is 6.49. The third-order valence-electron chi connectivity index (χ3n) is 4.62. The molecule has 2 aromatic heterocycles. The van der Waals surface area contributed by atoms with E-state index < -0.39 is 23.5 Å². The van der Waals surface area contributed by atoms with Crippen molar-refractivity contribution in [3.63, 3.8) is 0 Å². The van der Waals surface area contributed by atoms with E-state index in [2.05, 4.69) is 4.98 Å². The van der Waals surface area contributed by atoms with E-state index in [9.17, 15) is 28.6 Å². The molecule has 0 aliphatic rings. The number of benzene rings is 1. The van der Waals surface area contributed by atoms with Crippen molar-refractivity contribution in [2.75, 3.05) is 5.73 Å². The van der Waals surface area contributed by atoms with Gasteiger partial charge in [-0.3, -0.25) is 14.3 Å². The first-order valence-corrected chi connectivity index (χ1v) is 8.45. The first-order chi connectivity index (χ1) is 13.6. The number of nitrogens with two attached hydrogens (primary N) is 1. The number of nitrogens with zero attached hydrogens (tertiary/aromatic N) is 2. The molecule has 7 nitrogen and oxygen atoms in total. The lowest BCUT2D eigenvalue weighted by Crippen LogP contribution is -2.27. The van der Waals surface area contributed by atoms with Crippen molar-refractivity contribution in [1.29, 1.82) is 0 Å². The van der Waals surface area contributed by atoms with E-state index in [1.54, 1.807) is 19.9 Å². The number of pyridine rings is 2. The Morgan fingerprint density at radius 1 is 1.21 bits per heavy atom. The van der Waals surface area contributed by atoms with Crippen LogP contribution in [-0.4, -0.2) is 25.7 Å². The molecule has 0 bridgehead atoms. The summed E-state index contributed by atoms with van der Waals surface area (Å²) in [5, 5.41) is 19.6. The number of phenolic OH excluding ortho intramolecular Hbond substituents is 1. The maximum Gasteiger partial charge on any atom is 0.339 e. The molecule has 0 saturated carbocycles. The number of carbonyl (C=O) groups is 1. The molecule has 0 radical (unpaired) electrons. The minimum absolute atomic E-state index is 0.0273. The fourth-order valence-corrected chi connectivity index (χ4v) is 3.12. The Bertz CT molecular complexity index is 1190. The number of nitrogen functional groups attached to an aromatic ring is 1. The topological polar surface area (TPSA) is 118 Å². The molecule has 0 spiro atoms. The molecule has 2 heterocycles. The van der Waals surface area contributed by atoms with Crippen LogP contribution < -0.4 is 11.3 Å². The summed E-state index contributed by atoms with van der Waals surface area (Å²) >= 11 is 0. The quantitative estimate of drug-likeness (QED) is 0.616. The third kappa shape index (κ3) is 3.42. The van der Waals surface area contributed by atoms with Crippen LogP contribution in [0.2, 0.25) is 0 Å². The second-order valence-corrected chi connectivity index (χ2v) is 6.49. The largest absolute Gasteiger partial charge is 0.508 e. The number of anilines is 1. The molecule has 0 atom stereocenters. The zero-order chi connectivity index (χ0) is 21.5. The lowest BCUT2D eigenvalue weighted by molar-refractivity contribution is 0.0697. The summed E-state index contributed by atoms with van der Waals surface area (Å²) in [6.45, 7) is 3.22. The van der Waals surface area contributed by atoms with Crippen molar-refractivity contribution in [3.8, 4) is 22.6 Å². The molecule has 9 heteroatoms. The summed E-state index contributed by atoms with van der Waals surface area (Å²) in [5.41, 5.74) is 5.43. The van der Waals surface area contributed by atoms with Crippen LogP contribution in [0.25, 0.3) is 16.8 Å². The highest BCUT2D eigenvalue weighted by Gasteiger charge is 2.22. The Balaban J connectivity index is 2.44. The van der Waals surface area contributed by atoms with E-state index in [0.717, 1.165) is 22.9 Å². The summed E-state index contributed by atoms with van der Waals surface area (Å²) in [4.78, 5) is 28.7. The molecule has 1 aromatic carbocycles. The van der Waals surface area contributed by atoms with Gasteiger partial charge in [-0.05, 0) is 37.6 Å². The Morgan fingerprint density at radius 3 is 2.52 bits per heavy atom. The number of rotatable bonds is 4. The fourth-order valence-electron chi connectivity index (χ4n) is 3.12. The van der Waals surface area contributed by atoms with E-state index in [-0.39, 0.29) is 33.9 Å². The molecule has 0 fully saturated rings. The van der Waals surface area contributed by atoms with Gasteiger partial charge in [0.1, 0.15) is 17.1 Å². The fraction of sp³-hybridized carbons (Fsp3) is 0.150. The van der Waals surface area contributed by atoms with Crippen LogP contribution in [0.1, 0.15) is 33.5 Å². The van der Waals surface area contributed by atoms with E-state index in [4.69, 9.17) is 5.73 Å². The predicted octanol–water partition coefficient (Wildman–Crippen LogP) is 3.44. The smallest absolute Gasteiger partial charge is 0.339 e. The second kappa shape index (κ2) is 7.34. The van der Waals surface area contributed by atoms with E-state index in [0.29, 0.717) is 11.1 Å². The summed E-state index contributed by atoms with van der Waals surface area (Å²) in [7, 11) is 0. The van der Waals surface area contributed by atoms with Crippen LogP contribution in [0.5, 0.6) is 5.75 Å². The predicted molar refractivity (Wildman–Crippen MR) is 103 cm³/mol. The van der Waals surface area contributed by atoms with Crippen LogP contribution in [0, 0.1) is 13.8 Å². The molecular formula is C20H17F2N3O4. The molecule has 0 aliphatic carbocycles. The highest BCUT2D eigenvalue weighted by atomic mass is 19.3. The Kier molecular flexibility index (Phi) is 5.06. The highest BCUT2D eigenvalue weighted by Crippen LogP contribution is 2.30. The molecule has 0 aliphatic heterocycles. The van der Waals surface area contributed by atoms with E-state index >= 15 is 0 Å². The maximum atomic E-state index is 13.3. The number of aryl methyl sites for hydroxylation is 1. The molecule has 3 aromatic rings. The van der Waals surface area contributed by atoms with Crippen molar-refractivity contribution >= 4 is 11.8 Å². The number of hydrogen-bond donors (Lipinski definition) is 3. The first kappa shape index (κ1) is 20.0. The van der Waals surface area contributed by atoms with Crippen molar-refractivity contribution in [2.45, 2.75) is 20.3 Å². The van der Waals surface area contributed by atoms with Gasteiger partial charge in [0, 0.05) is 29.1 Å². The van der Waals surface area contributed by atoms with Crippen molar-refractivity contribution in [2.24, 2.45) is 0 Å². The van der Waals surface area contributed by atoms with Gasteiger partial charge in [-0.15, -0.1) is 0 Å². The van der Waals surface area contributed by atoms with Crippen LogP contribution in [0.4, 0.5) is 14.6 Å². The average Bonchev–Trinajstić information content (AvgIpc) is 2.67. The number of phenols is 1. The number of hydrogen-bond acceptors (Lipinski definition) is 5. The number of alkyl halides is 2. The Hall–Kier alpha value is -3.75. The molecular weight excluding hydrogens is 384 g/mol. The van der Waals surface area contributed by atoms with Gasteiger partial charge in [0.2, 0.25) is 0 Å². The molecule has 3 rings (SSSR count). The van der Waals surface area contributed by atoms with Crippen molar-refractivity contribution in [3.05, 3.63) is 69.3 Å². The number of carboxylic acids is 1. The number of aromatic hydroxyl groups is 1. The maximum absolute atomic E-state index is 13.3. The lowest BCUT2D eigenvalue weighted by atomic mass is 10.0. The summed E-state index contributed by atoms with van der Waals surface area (Å²) in [5.74, 6) is -1.85. The molecule has 0 unspecified atom stereocenters. The molecule has 0 amide bonds. The van der Waals surface area contributed by atoms with Gasteiger partial charge in [-0.1, -0.05) is 6.07 Å². The number of aromatic carboxylic acids is 1. The van der Waals surface area contributed by atoms with Crippen LogP contribution in [0.3, 0.4) is 0 Å². The summed E-state index contributed by atoms with van der Waals surface area (Å²) in [6, 6.07) is 5.10. The minimum Gasteiger partial charge on any atom is -0.508 e. The summed E-state index contributed by atoms with van der Waals surface area (Å²) < 4.78 is 27.1. The van der Waals surface area contributed by atoms with Gasteiger partial charge < -0.3 is 15.9 Å². The number of carboxylic acid groups (broad SMARTS) is 1. The zero-order valence-corrected chi connectivity index (χ0v) is 15.5. The van der Waals surface area contributed by atoms with Crippen molar-refractivity contribution < 1.29 is 23.8 Å². The Labute approximate surface area is 163 Å². The van der Waals surface area contributed by atoms with Crippen LogP contribution in [-0.2, 0) is 0 Å². The normalized spacial score (nSPS) is 11.1. The van der Waals surface area contributed by atoms with Gasteiger partial charge >= 0.3 is 5.97 Å². The van der Waals surface area contributed by atoms with Gasteiger partial charge in [0.15, 0.2) is 0 Å². The zero-order valence-electron chi connectivity index (χ0n) is 15.5. The summed E-state index contributed by atoms with van der Waals surface area (Å²) in [6.07, 6.45) is -0.657. The van der Waals surface area contributed by atoms with Gasteiger partial charge in [0.25, 0.3) is 12.0 Å². The van der Waals surface area contributed by atoms with Crippen molar-refractivity contribution in [1.82, 2.24) is 9.55 Å². The monoisotopic (exact) mass is 401 g/mol. The Morgan fingerprint density at radius 2 is 1.90 bits per heavy atom. The van der Waals surface area contributed by atoms with E-state index in [1.165, 1.54) is 12.3 Å². The third-order valence-corrected chi connectivity index (χ3v) is 4.62. The van der Waals surface area contributed by atoms with Crippen LogP contribution >= 0.6 is 0 Å².